The Hall–Kier alpha value is -1.89. The van der Waals surface area contributed by atoms with Crippen molar-refractivity contribution in [3.63, 3.8) is 0 Å². The summed E-state index contributed by atoms with van der Waals surface area (Å²) >= 11 is 0. The van der Waals surface area contributed by atoms with Crippen LogP contribution in [-0.2, 0) is 11.2 Å². The van der Waals surface area contributed by atoms with Crippen LogP contribution >= 0.6 is 0 Å². The predicted molar refractivity (Wildman–Crippen MR) is 70.7 cm³/mol. The number of nitrogen functional groups attached to an aromatic ring is 1. The first-order valence-electron chi connectivity index (χ1n) is 5.77. The van der Waals surface area contributed by atoms with E-state index < -0.39 is 5.54 Å². The highest BCUT2D eigenvalue weighted by atomic mass is 16.1. The summed E-state index contributed by atoms with van der Waals surface area (Å²) in [5, 5.41) is 3.15. The molecule has 1 amide bonds. The molecule has 0 atom stereocenters. The van der Waals surface area contributed by atoms with Crippen molar-refractivity contribution in [2.24, 2.45) is 11.6 Å². The highest BCUT2D eigenvalue weighted by Gasteiger charge is 2.21. The number of rotatable bonds is 6. The summed E-state index contributed by atoms with van der Waals surface area (Å²) in [6.45, 7) is 5.70. The number of nitrogens with zero attached hydrogens (tertiary/aromatic N) is 2. The smallest absolute Gasteiger partial charge is 0.219 e. The van der Waals surface area contributed by atoms with Crippen LogP contribution in [0.25, 0.3) is 0 Å². The summed E-state index contributed by atoms with van der Waals surface area (Å²) in [7, 11) is 0. The lowest BCUT2D eigenvalue weighted by atomic mass is 10.0. The largest absolute Gasteiger partial charge is 0.370 e. The molecule has 0 saturated heterocycles. The van der Waals surface area contributed by atoms with Crippen LogP contribution in [0.3, 0.4) is 0 Å². The quantitative estimate of drug-likeness (QED) is 0.429. The fourth-order valence-corrected chi connectivity index (χ4v) is 1.62. The molecule has 0 aliphatic carbocycles. The van der Waals surface area contributed by atoms with Crippen LogP contribution in [0.2, 0.25) is 0 Å². The normalized spacial score (nSPS) is 11.1. The molecule has 0 saturated carbocycles. The predicted octanol–water partition coefficient (Wildman–Crippen LogP) is 0.391. The summed E-state index contributed by atoms with van der Waals surface area (Å²) < 4.78 is 0. The minimum atomic E-state index is -0.475. The number of anilines is 2. The van der Waals surface area contributed by atoms with Gasteiger partial charge in [0.25, 0.3) is 0 Å². The molecule has 100 valence electrons. The van der Waals surface area contributed by atoms with Crippen molar-refractivity contribution < 1.29 is 4.79 Å². The number of carbonyl (C=O) groups is 1. The first-order chi connectivity index (χ1) is 8.36. The molecule has 1 rings (SSSR count). The molecule has 0 aromatic carbocycles. The van der Waals surface area contributed by atoms with Crippen LogP contribution in [0, 0.1) is 0 Å². The number of hydrogen-bond acceptors (Lipinski definition) is 6. The van der Waals surface area contributed by atoms with E-state index in [1.807, 2.05) is 20.8 Å². The lowest BCUT2D eigenvalue weighted by Gasteiger charge is -2.25. The van der Waals surface area contributed by atoms with Gasteiger partial charge >= 0.3 is 0 Å². The summed E-state index contributed by atoms with van der Waals surface area (Å²) in [5.41, 5.74) is 7.21. The summed E-state index contributed by atoms with van der Waals surface area (Å²) in [6, 6.07) is 1.68. The van der Waals surface area contributed by atoms with E-state index in [1.54, 1.807) is 6.07 Å². The van der Waals surface area contributed by atoms with Crippen molar-refractivity contribution in [3.05, 3.63) is 11.9 Å². The molecule has 1 aromatic rings. The van der Waals surface area contributed by atoms with Crippen LogP contribution in [0.5, 0.6) is 0 Å². The fraction of sp³-hybridized carbons (Fsp3) is 0.545. The van der Waals surface area contributed by atoms with Crippen molar-refractivity contribution in [2.75, 3.05) is 10.7 Å². The maximum atomic E-state index is 11.0. The van der Waals surface area contributed by atoms with Gasteiger partial charge in [-0.05, 0) is 13.8 Å². The standard InChI is InChI=1S/C11H20N6O/c1-4-8-14-9(5-10(15-8)17-13)16-11(2,3)6-7(12)18/h5H,4,6,13H2,1-3H3,(H2,12,18)(H2,14,15,16,17). The average Bonchev–Trinajstić information content (AvgIpc) is 2.25. The highest BCUT2D eigenvalue weighted by molar-refractivity contribution is 5.75. The minimum absolute atomic E-state index is 0.212. The Balaban J connectivity index is 2.92. The zero-order valence-corrected chi connectivity index (χ0v) is 10.9. The third-order valence-corrected chi connectivity index (χ3v) is 2.32. The second-order valence-corrected chi connectivity index (χ2v) is 4.70. The molecule has 0 aliphatic rings. The van der Waals surface area contributed by atoms with Gasteiger partial charge < -0.3 is 16.5 Å². The first kappa shape index (κ1) is 14.2. The maximum Gasteiger partial charge on any atom is 0.219 e. The number of carbonyl (C=O) groups excluding carboxylic acids is 1. The van der Waals surface area contributed by atoms with Gasteiger partial charge in [0.1, 0.15) is 17.5 Å². The number of hydrogen-bond donors (Lipinski definition) is 4. The van der Waals surface area contributed by atoms with Crippen LogP contribution in [0.4, 0.5) is 11.6 Å². The van der Waals surface area contributed by atoms with Gasteiger partial charge in [-0.25, -0.2) is 15.8 Å². The molecule has 0 spiro atoms. The Morgan fingerprint density at radius 2 is 2.00 bits per heavy atom. The minimum Gasteiger partial charge on any atom is -0.370 e. The van der Waals surface area contributed by atoms with E-state index in [0.29, 0.717) is 23.9 Å². The molecule has 7 heteroatoms. The van der Waals surface area contributed by atoms with Crippen LogP contribution in [0.1, 0.15) is 33.0 Å². The Labute approximate surface area is 106 Å². The molecule has 0 aliphatic heterocycles. The molecule has 18 heavy (non-hydrogen) atoms. The molecule has 0 fully saturated rings. The van der Waals surface area contributed by atoms with E-state index in [-0.39, 0.29) is 12.3 Å². The third-order valence-electron chi connectivity index (χ3n) is 2.32. The second kappa shape index (κ2) is 5.63. The molecule has 0 unspecified atom stereocenters. The van der Waals surface area contributed by atoms with E-state index in [0.717, 1.165) is 0 Å². The van der Waals surface area contributed by atoms with Gasteiger partial charge in [0, 0.05) is 24.4 Å². The Morgan fingerprint density at radius 3 is 2.50 bits per heavy atom. The van der Waals surface area contributed by atoms with Gasteiger partial charge in [-0.15, -0.1) is 0 Å². The number of amides is 1. The van der Waals surface area contributed by atoms with E-state index in [2.05, 4.69) is 20.7 Å². The van der Waals surface area contributed by atoms with E-state index in [9.17, 15) is 4.79 Å². The van der Waals surface area contributed by atoms with Gasteiger partial charge in [0.2, 0.25) is 5.91 Å². The number of hydrazine groups is 1. The zero-order chi connectivity index (χ0) is 13.8. The van der Waals surface area contributed by atoms with Crippen molar-refractivity contribution in [1.82, 2.24) is 9.97 Å². The van der Waals surface area contributed by atoms with Gasteiger partial charge in [-0.3, -0.25) is 4.79 Å². The third kappa shape index (κ3) is 4.17. The molecular weight excluding hydrogens is 232 g/mol. The van der Waals surface area contributed by atoms with Crippen LogP contribution in [-0.4, -0.2) is 21.4 Å². The number of primary amides is 1. The Bertz CT molecular complexity index is 409. The van der Waals surface area contributed by atoms with Gasteiger partial charge in [-0.1, -0.05) is 6.92 Å². The summed E-state index contributed by atoms with van der Waals surface area (Å²) in [6.07, 6.45) is 0.907. The lowest BCUT2D eigenvalue weighted by molar-refractivity contribution is -0.118. The molecule has 7 nitrogen and oxygen atoms in total. The molecular formula is C11H20N6O. The van der Waals surface area contributed by atoms with Crippen LogP contribution in [0.15, 0.2) is 6.07 Å². The molecule has 1 heterocycles. The average molecular weight is 252 g/mol. The van der Waals surface area contributed by atoms with Crippen molar-refractivity contribution in [1.29, 1.82) is 0 Å². The van der Waals surface area contributed by atoms with Crippen LogP contribution < -0.4 is 22.3 Å². The number of aromatic nitrogens is 2. The zero-order valence-electron chi connectivity index (χ0n) is 10.9. The van der Waals surface area contributed by atoms with E-state index in [4.69, 9.17) is 11.6 Å². The molecule has 0 radical (unpaired) electrons. The number of aryl methyl sites for hydroxylation is 1. The second-order valence-electron chi connectivity index (χ2n) is 4.70. The first-order valence-corrected chi connectivity index (χ1v) is 5.77. The van der Waals surface area contributed by atoms with Gasteiger partial charge in [-0.2, -0.15) is 0 Å². The SMILES string of the molecule is CCc1nc(NN)cc(NC(C)(C)CC(N)=O)n1. The fourth-order valence-electron chi connectivity index (χ4n) is 1.62. The number of nitrogens with one attached hydrogen (secondary N) is 2. The molecule has 6 N–H and O–H groups in total. The molecule has 0 bridgehead atoms. The Kier molecular flexibility index (Phi) is 4.43. The van der Waals surface area contributed by atoms with Gasteiger partial charge in [0.15, 0.2) is 0 Å². The topological polar surface area (TPSA) is 119 Å². The number of nitrogens with two attached hydrogens (primary N) is 2. The van der Waals surface area contributed by atoms with Crippen molar-refractivity contribution in [2.45, 2.75) is 39.2 Å². The Morgan fingerprint density at radius 1 is 1.39 bits per heavy atom. The van der Waals surface area contributed by atoms with E-state index >= 15 is 0 Å². The van der Waals surface area contributed by atoms with Crippen molar-refractivity contribution in [3.8, 4) is 0 Å². The highest BCUT2D eigenvalue weighted by Crippen LogP contribution is 2.18. The lowest BCUT2D eigenvalue weighted by Crippen LogP contribution is -2.36. The van der Waals surface area contributed by atoms with Gasteiger partial charge in [0.05, 0.1) is 0 Å². The summed E-state index contributed by atoms with van der Waals surface area (Å²) in [4.78, 5) is 19.5. The summed E-state index contributed by atoms with van der Waals surface area (Å²) in [5.74, 6) is 6.79. The monoisotopic (exact) mass is 252 g/mol. The van der Waals surface area contributed by atoms with E-state index in [1.165, 1.54) is 0 Å². The maximum absolute atomic E-state index is 11.0. The van der Waals surface area contributed by atoms with Crippen molar-refractivity contribution >= 4 is 17.5 Å². The molecule has 1 aromatic heterocycles.